The lowest BCUT2D eigenvalue weighted by atomic mass is 10.1. The van der Waals surface area contributed by atoms with Gasteiger partial charge in [-0.15, -0.1) is 0 Å². The van der Waals surface area contributed by atoms with Crippen LogP contribution in [-0.4, -0.2) is 29.0 Å². The maximum atomic E-state index is 13.1. The van der Waals surface area contributed by atoms with E-state index in [4.69, 9.17) is 9.47 Å². The van der Waals surface area contributed by atoms with Crippen LogP contribution in [0.3, 0.4) is 0 Å². The van der Waals surface area contributed by atoms with Crippen LogP contribution in [0.15, 0.2) is 50.8 Å². The molecule has 0 radical (unpaired) electrons. The molecular weight excluding hydrogens is 450 g/mol. The third-order valence-electron chi connectivity index (χ3n) is 4.65. The number of esters is 1. The van der Waals surface area contributed by atoms with Gasteiger partial charge in [-0.1, -0.05) is 29.8 Å². The van der Waals surface area contributed by atoms with Crippen LogP contribution in [-0.2, 0) is 4.79 Å². The fourth-order valence-corrected chi connectivity index (χ4v) is 3.27. The largest absolute Gasteiger partial charge is 0.493 e. The summed E-state index contributed by atoms with van der Waals surface area (Å²) >= 11 is 3.40. The van der Waals surface area contributed by atoms with Crippen LogP contribution < -0.4 is 15.0 Å². The van der Waals surface area contributed by atoms with Crippen LogP contribution in [0.4, 0.5) is 0 Å². The summed E-state index contributed by atoms with van der Waals surface area (Å²) in [6, 6.07) is 10.5. The van der Waals surface area contributed by atoms with Crippen molar-refractivity contribution in [1.29, 1.82) is 0 Å². The molecule has 0 saturated heterocycles. The first-order chi connectivity index (χ1) is 14.3. The molecule has 0 N–H and O–H groups in total. The first kappa shape index (κ1) is 21.7. The number of hydrogen-bond acceptors (Lipinski definition) is 6. The Kier molecular flexibility index (Phi) is 6.66. The molecule has 1 aromatic heterocycles. The van der Waals surface area contributed by atoms with E-state index in [0.29, 0.717) is 33.8 Å². The van der Waals surface area contributed by atoms with Crippen LogP contribution in [0.25, 0.3) is 10.9 Å². The number of carbonyl (C=O) groups excluding carboxylic acids is 1. The minimum absolute atomic E-state index is 0.0452. The summed E-state index contributed by atoms with van der Waals surface area (Å²) < 4.78 is 12.5. The molecule has 0 bridgehead atoms. The zero-order chi connectivity index (χ0) is 21.8. The summed E-state index contributed by atoms with van der Waals surface area (Å²) in [5.74, 6) is 0.912. The number of nitrogens with zero attached hydrogens (tertiary/aromatic N) is 3. The molecule has 0 saturated carbocycles. The number of ether oxygens (including phenoxy) is 2. The molecule has 0 aliphatic carbocycles. The van der Waals surface area contributed by atoms with Gasteiger partial charge in [-0.25, -0.2) is 4.98 Å². The lowest BCUT2D eigenvalue weighted by molar-refractivity contribution is -0.132. The molecule has 0 unspecified atom stereocenters. The highest BCUT2D eigenvalue weighted by Gasteiger charge is 2.16. The maximum Gasteiger partial charge on any atom is 0.308 e. The summed E-state index contributed by atoms with van der Waals surface area (Å²) in [5, 5.41) is 4.91. The molecule has 0 fully saturated rings. The summed E-state index contributed by atoms with van der Waals surface area (Å²) in [4.78, 5) is 29.1. The van der Waals surface area contributed by atoms with Gasteiger partial charge in [0.2, 0.25) is 0 Å². The van der Waals surface area contributed by atoms with Crippen molar-refractivity contribution < 1.29 is 14.3 Å². The van der Waals surface area contributed by atoms with Gasteiger partial charge in [-0.2, -0.15) is 9.78 Å². The van der Waals surface area contributed by atoms with E-state index in [9.17, 15) is 9.59 Å². The number of rotatable bonds is 6. The van der Waals surface area contributed by atoms with Gasteiger partial charge < -0.3 is 9.47 Å². The Morgan fingerprint density at radius 2 is 2.03 bits per heavy atom. The Balaban J connectivity index is 2.10. The van der Waals surface area contributed by atoms with Crippen LogP contribution in [0, 0.1) is 0 Å². The summed E-state index contributed by atoms with van der Waals surface area (Å²) in [6.07, 6.45) is 2.37. The summed E-state index contributed by atoms with van der Waals surface area (Å²) in [7, 11) is 1.49. The van der Waals surface area contributed by atoms with Crippen molar-refractivity contribution in [1.82, 2.24) is 9.66 Å². The molecule has 8 heteroatoms. The standard InChI is InChI=1S/C22H22BrN3O4/c1-5-13(2)21-25-18-8-7-16(23)11-17(18)22(28)26(21)24-12-15-6-9-19(30-14(3)27)20(10-15)29-4/h6-13H,5H2,1-4H3/t13-/m0/s1. The number of aromatic nitrogens is 2. The molecule has 3 aromatic rings. The van der Waals surface area contributed by atoms with E-state index in [1.54, 1.807) is 30.5 Å². The topological polar surface area (TPSA) is 82.8 Å². The second-order valence-electron chi connectivity index (χ2n) is 6.81. The second kappa shape index (κ2) is 9.21. The molecule has 1 heterocycles. The van der Waals surface area contributed by atoms with Gasteiger partial charge in [0, 0.05) is 17.3 Å². The molecule has 0 aliphatic rings. The lowest BCUT2D eigenvalue weighted by Gasteiger charge is -2.14. The Morgan fingerprint density at radius 1 is 1.27 bits per heavy atom. The molecular formula is C22H22BrN3O4. The first-order valence-electron chi connectivity index (χ1n) is 9.47. The zero-order valence-electron chi connectivity index (χ0n) is 17.2. The van der Waals surface area contributed by atoms with E-state index >= 15 is 0 Å². The molecule has 0 amide bonds. The predicted octanol–water partition coefficient (Wildman–Crippen LogP) is 4.49. The van der Waals surface area contributed by atoms with Gasteiger partial charge in [0.05, 0.1) is 24.2 Å². The maximum absolute atomic E-state index is 13.1. The number of benzene rings is 2. The van der Waals surface area contributed by atoms with Gasteiger partial charge in [0.25, 0.3) is 5.56 Å². The van der Waals surface area contributed by atoms with Crippen molar-refractivity contribution in [2.45, 2.75) is 33.1 Å². The number of carbonyl (C=O) groups is 1. The molecule has 0 spiro atoms. The van der Waals surface area contributed by atoms with E-state index in [-0.39, 0.29) is 11.5 Å². The van der Waals surface area contributed by atoms with Crippen molar-refractivity contribution in [2.75, 3.05) is 7.11 Å². The predicted molar refractivity (Wildman–Crippen MR) is 120 cm³/mol. The third-order valence-corrected chi connectivity index (χ3v) is 5.14. The normalized spacial score (nSPS) is 12.3. The Hall–Kier alpha value is -3.00. The molecule has 156 valence electrons. The van der Waals surface area contributed by atoms with E-state index < -0.39 is 5.97 Å². The van der Waals surface area contributed by atoms with Crippen molar-refractivity contribution in [3.8, 4) is 11.5 Å². The van der Waals surface area contributed by atoms with Crippen molar-refractivity contribution >= 4 is 39.0 Å². The van der Waals surface area contributed by atoms with Gasteiger partial charge in [-0.3, -0.25) is 9.59 Å². The number of methoxy groups -OCH3 is 1. The SMILES string of the molecule is CC[C@H](C)c1nc2ccc(Br)cc2c(=O)n1N=Cc1ccc(OC(C)=O)c(OC)c1. The molecule has 1 atom stereocenters. The molecule has 3 rings (SSSR count). The highest BCUT2D eigenvalue weighted by atomic mass is 79.9. The summed E-state index contributed by atoms with van der Waals surface area (Å²) in [6.45, 7) is 5.37. The fourth-order valence-electron chi connectivity index (χ4n) is 2.91. The summed E-state index contributed by atoms with van der Waals surface area (Å²) in [5.41, 5.74) is 1.08. The first-order valence-corrected chi connectivity index (χ1v) is 10.3. The van der Waals surface area contributed by atoms with Crippen molar-refractivity contribution in [3.05, 3.63) is 62.6 Å². The van der Waals surface area contributed by atoms with E-state index in [1.165, 1.54) is 18.7 Å². The van der Waals surface area contributed by atoms with Crippen LogP contribution in [0.5, 0.6) is 11.5 Å². The Morgan fingerprint density at radius 3 is 2.70 bits per heavy atom. The lowest BCUT2D eigenvalue weighted by Crippen LogP contribution is -2.23. The van der Waals surface area contributed by atoms with Crippen molar-refractivity contribution in [2.24, 2.45) is 5.10 Å². The second-order valence-corrected chi connectivity index (χ2v) is 7.72. The number of halogens is 1. The smallest absolute Gasteiger partial charge is 0.308 e. The van der Waals surface area contributed by atoms with Gasteiger partial charge in [0.15, 0.2) is 11.5 Å². The Bertz CT molecular complexity index is 1190. The minimum atomic E-state index is -0.437. The molecule has 0 aliphatic heterocycles. The highest BCUT2D eigenvalue weighted by Crippen LogP contribution is 2.28. The highest BCUT2D eigenvalue weighted by molar-refractivity contribution is 9.10. The minimum Gasteiger partial charge on any atom is -0.493 e. The number of hydrogen-bond donors (Lipinski definition) is 0. The van der Waals surface area contributed by atoms with Crippen molar-refractivity contribution in [3.63, 3.8) is 0 Å². The molecule has 2 aromatic carbocycles. The van der Waals surface area contributed by atoms with Crippen LogP contribution in [0.1, 0.15) is 44.5 Å². The van der Waals surface area contributed by atoms with E-state index in [2.05, 4.69) is 26.0 Å². The van der Waals surface area contributed by atoms with Gasteiger partial charge >= 0.3 is 5.97 Å². The van der Waals surface area contributed by atoms with E-state index in [1.807, 2.05) is 26.0 Å². The van der Waals surface area contributed by atoms with Gasteiger partial charge in [-0.05, 0) is 48.4 Å². The average Bonchev–Trinajstić information content (AvgIpc) is 2.73. The quantitative estimate of drug-likeness (QED) is 0.300. The molecule has 30 heavy (non-hydrogen) atoms. The van der Waals surface area contributed by atoms with Crippen LogP contribution >= 0.6 is 15.9 Å². The monoisotopic (exact) mass is 471 g/mol. The fraction of sp³-hybridized carbons (Fsp3) is 0.273. The van der Waals surface area contributed by atoms with E-state index in [0.717, 1.165) is 10.9 Å². The molecule has 7 nitrogen and oxygen atoms in total. The Labute approximate surface area is 182 Å². The van der Waals surface area contributed by atoms with Gasteiger partial charge in [0.1, 0.15) is 5.82 Å². The van der Waals surface area contributed by atoms with Crippen LogP contribution in [0.2, 0.25) is 0 Å². The number of fused-ring (bicyclic) bond motifs is 1. The zero-order valence-corrected chi connectivity index (χ0v) is 18.8. The average molecular weight is 472 g/mol. The third kappa shape index (κ3) is 4.59.